The van der Waals surface area contributed by atoms with Crippen molar-refractivity contribution in [1.29, 1.82) is 0 Å². The van der Waals surface area contributed by atoms with Gasteiger partial charge in [-0.25, -0.2) is 0 Å². The molecule has 0 aromatic heterocycles. The molecule has 2 aliphatic carbocycles. The predicted molar refractivity (Wildman–Crippen MR) is 185 cm³/mol. The Labute approximate surface area is 285 Å². The summed E-state index contributed by atoms with van der Waals surface area (Å²) < 4.78 is 6.47. The Morgan fingerprint density at radius 1 is 0.833 bits per heavy atom. The van der Waals surface area contributed by atoms with Gasteiger partial charge in [0.2, 0.25) is 0 Å². The van der Waals surface area contributed by atoms with Crippen LogP contribution >= 0.6 is 0 Å². The lowest BCUT2D eigenvalue weighted by atomic mass is 9.56. The van der Waals surface area contributed by atoms with E-state index in [1.54, 1.807) is 62.3 Å². The molecule has 0 radical (unpaired) electrons. The molecule has 262 valence electrons. The average Bonchev–Trinajstić information content (AvgIpc) is 2.99. The van der Waals surface area contributed by atoms with Gasteiger partial charge in [-0.15, -0.1) is 0 Å². The van der Waals surface area contributed by atoms with Crippen molar-refractivity contribution in [3.05, 3.63) is 51.5 Å². The van der Waals surface area contributed by atoms with E-state index >= 15 is 0 Å². The van der Waals surface area contributed by atoms with Crippen LogP contribution in [-0.4, -0.2) is 38.5 Å². The van der Waals surface area contributed by atoms with Crippen LogP contribution in [0.1, 0.15) is 137 Å². The molecule has 0 saturated heterocycles. The van der Waals surface area contributed by atoms with Crippen molar-refractivity contribution in [2.45, 2.75) is 115 Å². The predicted octanol–water partition coefficient (Wildman–Crippen LogP) is 8.66. The molecular weight excluding hydrogens is 608 g/mol. The smallest absolute Gasteiger partial charge is 0.175 e. The Morgan fingerprint density at radius 2 is 1.38 bits per heavy atom. The fraction of sp³-hybridized carbons (Fsp3) is 0.600. The number of carbonyl (C=O) groups is 4. The molecule has 1 aromatic rings. The number of Topliss-reactive ketones (excluding diaryl/α,β-unsaturated/α-hetero) is 4. The van der Waals surface area contributed by atoms with Crippen molar-refractivity contribution in [3.63, 3.8) is 0 Å². The Hall–Kier alpha value is -3.68. The summed E-state index contributed by atoms with van der Waals surface area (Å²) in [7, 11) is 0. The van der Waals surface area contributed by atoms with Crippen LogP contribution in [0.5, 0.6) is 17.2 Å². The molecule has 8 nitrogen and oxygen atoms in total. The molecule has 0 bridgehead atoms. The molecule has 3 N–H and O–H groups in total. The third-order valence-corrected chi connectivity index (χ3v) is 11.5. The first-order chi connectivity index (χ1) is 21.8. The normalized spacial score (nSPS) is 25.5. The Kier molecular flexibility index (Phi) is 8.86. The average molecular weight is 663 g/mol. The van der Waals surface area contributed by atoms with Crippen LogP contribution in [0.25, 0.3) is 0 Å². The van der Waals surface area contributed by atoms with Gasteiger partial charge in [-0.1, -0.05) is 60.6 Å². The standard InChI is InChI=1S/C40H54O8/c1-16-40(15)20(8)37(9,10)32(44)25(34(40)46)21(17(2)3)23-29(42)24-22(18(4)5)26-33(45)38(11,12)36(47)39(13,14)35(26)48-31(24)27(30(23)43)28(41)19(6)7/h17-19,21-22,42-44H,8,16H2,1-7,9-15H3/t21-,22+,40?/m0/s1. The quantitative estimate of drug-likeness (QED) is 0.150. The molecule has 0 amide bonds. The van der Waals surface area contributed by atoms with Gasteiger partial charge in [0.25, 0.3) is 0 Å². The topological polar surface area (TPSA) is 138 Å². The van der Waals surface area contributed by atoms with Gasteiger partial charge >= 0.3 is 0 Å². The zero-order valence-corrected chi connectivity index (χ0v) is 31.2. The molecule has 8 heteroatoms. The first-order valence-corrected chi connectivity index (χ1v) is 17.1. The molecule has 3 aliphatic rings. The monoisotopic (exact) mass is 662 g/mol. The first-order valence-electron chi connectivity index (χ1n) is 17.1. The number of carbonyl (C=O) groups excluding carboxylic acids is 4. The number of aliphatic hydroxyl groups excluding tert-OH is 1. The van der Waals surface area contributed by atoms with E-state index in [0.29, 0.717) is 12.0 Å². The molecular formula is C40H54O8. The molecule has 1 aromatic carbocycles. The number of benzene rings is 1. The molecule has 48 heavy (non-hydrogen) atoms. The summed E-state index contributed by atoms with van der Waals surface area (Å²) in [5, 5.41) is 36.6. The number of allylic oxidation sites excluding steroid dienone is 4. The van der Waals surface area contributed by atoms with E-state index < -0.39 is 68.4 Å². The summed E-state index contributed by atoms with van der Waals surface area (Å²) in [5.41, 5.74) is -3.99. The number of hydrogen-bond acceptors (Lipinski definition) is 8. The zero-order chi connectivity index (χ0) is 37.0. The van der Waals surface area contributed by atoms with E-state index in [1.807, 2.05) is 34.6 Å². The zero-order valence-electron chi connectivity index (χ0n) is 31.2. The van der Waals surface area contributed by atoms with Gasteiger partial charge in [0.15, 0.2) is 23.1 Å². The van der Waals surface area contributed by atoms with E-state index in [4.69, 9.17) is 4.74 Å². The second-order valence-electron chi connectivity index (χ2n) is 16.8. The lowest BCUT2D eigenvalue weighted by Crippen LogP contribution is -2.52. The van der Waals surface area contributed by atoms with Crippen molar-refractivity contribution < 1.29 is 39.2 Å². The summed E-state index contributed by atoms with van der Waals surface area (Å²) in [5.74, 6) is -6.10. The molecule has 0 spiro atoms. The van der Waals surface area contributed by atoms with Crippen LogP contribution in [0.15, 0.2) is 34.8 Å². The third-order valence-electron chi connectivity index (χ3n) is 11.5. The van der Waals surface area contributed by atoms with Crippen LogP contribution < -0.4 is 4.74 Å². The van der Waals surface area contributed by atoms with Gasteiger partial charge in [-0.05, 0) is 66.7 Å². The summed E-state index contributed by atoms with van der Waals surface area (Å²) in [6, 6.07) is 0. The first kappa shape index (κ1) is 37.1. The highest BCUT2D eigenvalue weighted by Gasteiger charge is 2.59. The second kappa shape index (κ2) is 11.4. The second-order valence-corrected chi connectivity index (χ2v) is 16.8. The number of aromatic hydroxyl groups is 2. The largest absolute Gasteiger partial charge is 0.511 e. The highest BCUT2D eigenvalue weighted by atomic mass is 16.5. The summed E-state index contributed by atoms with van der Waals surface area (Å²) in [4.78, 5) is 56.6. The maximum Gasteiger partial charge on any atom is 0.175 e. The molecule has 3 atom stereocenters. The number of ether oxygens (including phenoxy) is 1. The summed E-state index contributed by atoms with van der Waals surface area (Å²) in [6.45, 7) is 28.7. The van der Waals surface area contributed by atoms with Gasteiger partial charge in [0, 0.05) is 45.4 Å². The minimum absolute atomic E-state index is 0.0413. The van der Waals surface area contributed by atoms with Gasteiger partial charge in [0.1, 0.15) is 34.3 Å². The summed E-state index contributed by atoms with van der Waals surface area (Å²) in [6.07, 6.45) is 0.404. The SMILES string of the molecule is C=C1C(C)(C)C(O)=C([C@H](c2c(O)c(C(=O)C(C)C)c3c(c2O)[C@@H](C(C)C)C2=C(O3)C(C)(C)C(=O)C(C)(C)C2=O)C(C)C)C(=O)C1(C)CC. The molecule has 4 rings (SSSR count). The van der Waals surface area contributed by atoms with Crippen molar-refractivity contribution in [3.8, 4) is 17.2 Å². The van der Waals surface area contributed by atoms with Crippen LogP contribution in [0.2, 0.25) is 0 Å². The number of aliphatic hydroxyl groups is 1. The van der Waals surface area contributed by atoms with E-state index in [0.717, 1.165) is 0 Å². The molecule has 1 heterocycles. The Balaban J connectivity index is 2.24. The van der Waals surface area contributed by atoms with Gasteiger partial charge in [0.05, 0.1) is 16.2 Å². The molecule has 1 unspecified atom stereocenters. The number of ketones is 4. The third kappa shape index (κ3) is 4.75. The van der Waals surface area contributed by atoms with Crippen molar-refractivity contribution in [2.75, 3.05) is 0 Å². The van der Waals surface area contributed by atoms with Crippen LogP contribution in [0, 0.1) is 39.4 Å². The highest BCUT2D eigenvalue weighted by molar-refractivity contribution is 6.20. The number of phenols is 2. The summed E-state index contributed by atoms with van der Waals surface area (Å²) >= 11 is 0. The van der Waals surface area contributed by atoms with E-state index in [9.17, 15) is 34.5 Å². The van der Waals surface area contributed by atoms with Gasteiger partial charge in [-0.3, -0.25) is 19.2 Å². The minimum Gasteiger partial charge on any atom is -0.511 e. The highest BCUT2D eigenvalue weighted by Crippen LogP contribution is 2.62. The van der Waals surface area contributed by atoms with Crippen LogP contribution in [0.4, 0.5) is 0 Å². The number of rotatable bonds is 7. The van der Waals surface area contributed by atoms with Gasteiger partial charge in [-0.2, -0.15) is 0 Å². The maximum absolute atomic E-state index is 14.5. The number of fused-ring (bicyclic) bond motifs is 1. The van der Waals surface area contributed by atoms with Crippen LogP contribution in [-0.2, 0) is 14.4 Å². The minimum atomic E-state index is -1.38. The molecule has 0 fully saturated rings. The maximum atomic E-state index is 14.5. The van der Waals surface area contributed by atoms with Crippen molar-refractivity contribution in [2.24, 2.45) is 39.4 Å². The Bertz CT molecular complexity index is 1720. The number of hydrogen-bond donors (Lipinski definition) is 3. The molecule has 1 aliphatic heterocycles. The fourth-order valence-electron chi connectivity index (χ4n) is 8.27. The number of phenolic OH excluding ortho intramolecular Hbond substituents is 2. The van der Waals surface area contributed by atoms with E-state index in [-0.39, 0.29) is 62.6 Å². The van der Waals surface area contributed by atoms with Crippen molar-refractivity contribution >= 4 is 23.1 Å². The van der Waals surface area contributed by atoms with E-state index in [1.165, 1.54) is 0 Å². The lowest BCUT2D eigenvalue weighted by Gasteiger charge is -2.47. The van der Waals surface area contributed by atoms with Crippen molar-refractivity contribution in [1.82, 2.24) is 0 Å². The van der Waals surface area contributed by atoms with Gasteiger partial charge < -0.3 is 20.1 Å². The lowest BCUT2D eigenvalue weighted by molar-refractivity contribution is -0.144. The van der Waals surface area contributed by atoms with E-state index in [2.05, 4.69) is 6.58 Å². The molecule has 0 saturated carbocycles. The fourth-order valence-corrected chi connectivity index (χ4v) is 8.27. The Morgan fingerprint density at radius 3 is 1.83 bits per heavy atom. The van der Waals surface area contributed by atoms with Crippen LogP contribution in [0.3, 0.4) is 0 Å².